The van der Waals surface area contributed by atoms with Gasteiger partial charge in [-0.15, -0.1) is 11.3 Å². The predicted molar refractivity (Wildman–Crippen MR) is 78.9 cm³/mol. The van der Waals surface area contributed by atoms with Crippen LogP contribution in [-0.2, 0) is 14.8 Å². The molecule has 112 valence electrons. The summed E-state index contributed by atoms with van der Waals surface area (Å²) in [4.78, 5) is 4.94. The van der Waals surface area contributed by atoms with Crippen LogP contribution in [0.25, 0.3) is 4.96 Å². The van der Waals surface area contributed by atoms with Crippen LogP contribution in [0.5, 0.6) is 0 Å². The van der Waals surface area contributed by atoms with E-state index >= 15 is 0 Å². The fourth-order valence-electron chi connectivity index (χ4n) is 1.77. The molecule has 0 aliphatic heterocycles. The zero-order chi connectivity index (χ0) is 14.6. The molecule has 2 heterocycles. The fourth-order valence-corrected chi connectivity index (χ4v) is 3.80. The highest BCUT2D eigenvalue weighted by molar-refractivity contribution is 7.89. The molecule has 0 fully saturated rings. The molecule has 0 saturated carbocycles. The zero-order valence-electron chi connectivity index (χ0n) is 11.4. The summed E-state index contributed by atoms with van der Waals surface area (Å²) in [5.74, 6) is 0.378. The lowest BCUT2D eigenvalue weighted by Crippen LogP contribution is -2.29. The van der Waals surface area contributed by atoms with E-state index in [0.717, 1.165) is 0 Å². The van der Waals surface area contributed by atoms with E-state index in [4.69, 9.17) is 4.74 Å². The van der Waals surface area contributed by atoms with Crippen molar-refractivity contribution in [2.45, 2.75) is 18.9 Å². The molecule has 0 aromatic carbocycles. The van der Waals surface area contributed by atoms with Gasteiger partial charge in [0.1, 0.15) is 0 Å². The summed E-state index contributed by atoms with van der Waals surface area (Å²) >= 11 is 1.39. The standard InChI is InChI=1S/C11H18N4O3S2/c1-3-12-9-10(15-6-8-19-11(15)14-9)20(16,17)13-5-7-18-4-2/h6,8,12-13H,3-5,7H2,1-2H3. The van der Waals surface area contributed by atoms with E-state index in [1.165, 1.54) is 11.3 Å². The molecule has 0 aliphatic rings. The Bertz CT molecular complexity index is 662. The first-order chi connectivity index (χ1) is 9.60. The van der Waals surface area contributed by atoms with Crippen LogP contribution in [0.2, 0.25) is 0 Å². The molecular weight excluding hydrogens is 300 g/mol. The summed E-state index contributed by atoms with van der Waals surface area (Å²) < 4.78 is 34.0. The number of sulfonamides is 1. The Morgan fingerprint density at radius 2 is 2.25 bits per heavy atom. The molecular formula is C11H18N4O3S2. The quantitative estimate of drug-likeness (QED) is 0.713. The molecule has 2 aromatic rings. The van der Waals surface area contributed by atoms with E-state index in [1.54, 1.807) is 16.0 Å². The SMILES string of the molecule is CCNc1nc2sccn2c1S(=O)(=O)NCCOCC. The molecule has 0 atom stereocenters. The molecule has 0 amide bonds. The van der Waals surface area contributed by atoms with Crippen molar-refractivity contribution in [2.24, 2.45) is 0 Å². The second-order valence-electron chi connectivity index (χ2n) is 3.95. The third kappa shape index (κ3) is 3.11. The van der Waals surface area contributed by atoms with Gasteiger partial charge in [-0.1, -0.05) is 0 Å². The first-order valence-corrected chi connectivity index (χ1v) is 8.73. The lowest BCUT2D eigenvalue weighted by molar-refractivity contribution is 0.153. The van der Waals surface area contributed by atoms with Crippen LogP contribution in [-0.4, -0.2) is 44.1 Å². The normalized spacial score (nSPS) is 12.1. The lowest BCUT2D eigenvalue weighted by atomic mass is 10.6. The van der Waals surface area contributed by atoms with E-state index in [0.29, 0.717) is 30.5 Å². The highest BCUT2D eigenvalue weighted by Crippen LogP contribution is 2.25. The highest BCUT2D eigenvalue weighted by atomic mass is 32.2. The van der Waals surface area contributed by atoms with Crippen molar-refractivity contribution in [1.82, 2.24) is 14.1 Å². The number of nitrogens with zero attached hydrogens (tertiary/aromatic N) is 2. The number of hydrogen-bond donors (Lipinski definition) is 2. The van der Waals surface area contributed by atoms with Gasteiger partial charge in [-0.3, -0.25) is 4.40 Å². The minimum absolute atomic E-state index is 0.145. The van der Waals surface area contributed by atoms with Gasteiger partial charge in [0.2, 0.25) is 0 Å². The Labute approximate surface area is 122 Å². The van der Waals surface area contributed by atoms with Gasteiger partial charge in [0.15, 0.2) is 15.8 Å². The third-order valence-corrected chi connectivity index (χ3v) is 4.80. The molecule has 20 heavy (non-hydrogen) atoms. The molecule has 0 aliphatic carbocycles. The number of hydrogen-bond acceptors (Lipinski definition) is 6. The summed E-state index contributed by atoms with van der Waals surface area (Å²) in [6.45, 7) is 5.51. The highest BCUT2D eigenvalue weighted by Gasteiger charge is 2.25. The Morgan fingerprint density at radius 3 is 2.95 bits per heavy atom. The van der Waals surface area contributed by atoms with Crippen molar-refractivity contribution in [3.63, 3.8) is 0 Å². The third-order valence-electron chi connectivity index (χ3n) is 2.56. The maximum absolute atomic E-state index is 12.4. The van der Waals surface area contributed by atoms with Gasteiger partial charge >= 0.3 is 0 Å². The van der Waals surface area contributed by atoms with Gasteiger partial charge in [0.25, 0.3) is 10.0 Å². The van der Waals surface area contributed by atoms with E-state index in [-0.39, 0.29) is 11.6 Å². The summed E-state index contributed by atoms with van der Waals surface area (Å²) in [5, 5.41) is 4.93. The molecule has 2 rings (SSSR count). The summed E-state index contributed by atoms with van der Waals surface area (Å²) in [7, 11) is -3.63. The second-order valence-corrected chi connectivity index (χ2v) is 6.50. The van der Waals surface area contributed by atoms with Crippen LogP contribution >= 0.6 is 11.3 Å². The molecule has 2 aromatic heterocycles. The van der Waals surface area contributed by atoms with Crippen molar-refractivity contribution in [3.05, 3.63) is 11.6 Å². The monoisotopic (exact) mass is 318 g/mol. The number of rotatable bonds is 8. The minimum Gasteiger partial charge on any atom is -0.380 e. The molecule has 0 bridgehead atoms. The smallest absolute Gasteiger partial charge is 0.260 e. The fraction of sp³-hybridized carbons (Fsp3) is 0.545. The lowest BCUT2D eigenvalue weighted by Gasteiger charge is -2.08. The Morgan fingerprint density at radius 1 is 1.45 bits per heavy atom. The van der Waals surface area contributed by atoms with E-state index < -0.39 is 10.0 Å². The van der Waals surface area contributed by atoms with Crippen LogP contribution in [0, 0.1) is 0 Å². The first kappa shape index (κ1) is 15.2. The number of fused-ring (bicyclic) bond motifs is 1. The molecule has 0 unspecified atom stereocenters. The van der Waals surface area contributed by atoms with Crippen molar-refractivity contribution in [3.8, 4) is 0 Å². The van der Waals surface area contributed by atoms with Crippen LogP contribution < -0.4 is 10.0 Å². The maximum atomic E-state index is 12.4. The summed E-state index contributed by atoms with van der Waals surface area (Å²) in [6.07, 6.45) is 1.70. The average Bonchev–Trinajstić information content (AvgIpc) is 2.95. The van der Waals surface area contributed by atoms with E-state index in [1.807, 2.05) is 13.8 Å². The summed E-state index contributed by atoms with van der Waals surface area (Å²) in [6, 6.07) is 0. The van der Waals surface area contributed by atoms with Gasteiger partial charge in [-0.05, 0) is 13.8 Å². The molecule has 0 saturated heterocycles. The number of ether oxygens (including phenoxy) is 1. The first-order valence-electron chi connectivity index (χ1n) is 6.37. The minimum atomic E-state index is -3.63. The van der Waals surface area contributed by atoms with Crippen molar-refractivity contribution in [2.75, 3.05) is 31.6 Å². The number of nitrogens with one attached hydrogen (secondary N) is 2. The zero-order valence-corrected chi connectivity index (χ0v) is 13.1. The van der Waals surface area contributed by atoms with Gasteiger partial charge in [0.05, 0.1) is 6.61 Å². The largest absolute Gasteiger partial charge is 0.380 e. The van der Waals surface area contributed by atoms with Crippen molar-refractivity contribution >= 4 is 32.1 Å². The second kappa shape index (κ2) is 6.53. The van der Waals surface area contributed by atoms with Crippen molar-refractivity contribution in [1.29, 1.82) is 0 Å². The van der Waals surface area contributed by atoms with Crippen LogP contribution in [0.4, 0.5) is 5.82 Å². The van der Waals surface area contributed by atoms with Gasteiger partial charge < -0.3 is 10.1 Å². The molecule has 0 radical (unpaired) electrons. The van der Waals surface area contributed by atoms with Crippen molar-refractivity contribution < 1.29 is 13.2 Å². The Balaban J connectivity index is 2.29. The Hall–Kier alpha value is -1.16. The van der Waals surface area contributed by atoms with Gasteiger partial charge in [-0.25, -0.2) is 18.1 Å². The number of thiazole rings is 1. The predicted octanol–water partition coefficient (Wildman–Crippen LogP) is 1.14. The summed E-state index contributed by atoms with van der Waals surface area (Å²) in [5.41, 5.74) is 0. The van der Waals surface area contributed by atoms with E-state index in [2.05, 4.69) is 15.0 Å². The maximum Gasteiger partial charge on any atom is 0.260 e. The van der Waals surface area contributed by atoms with Gasteiger partial charge in [-0.2, -0.15) is 0 Å². The Kier molecular flexibility index (Phi) is 4.97. The average molecular weight is 318 g/mol. The number of imidazole rings is 1. The van der Waals surface area contributed by atoms with Crippen LogP contribution in [0.3, 0.4) is 0 Å². The number of aromatic nitrogens is 2. The molecule has 7 nitrogen and oxygen atoms in total. The number of anilines is 1. The molecule has 2 N–H and O–H groups in total. The topological polar surface area (TPSA) is 84.7 Å². The van der Waals surface area contributed by atoms with Crippen LogP contribution in [0.15, 0.2) is 16.6 Å². The molecule has 9 heteroatoms. The molecule has 0 spiro atoms. The van der Waals surface area contributed by atoms with E-state index in [9.17, 15) is 8.42 Å². The van der Waals surface area contributed by atoms with Crippen LogP contribution in [0.1, 0.15) is 13.8 Å². The van der Waals surface area contributed by atoms with Gasteiger partial charge in [0, 0.05) is 31.3 Å².